The average molecular weight is 372 g/mol. The van der Waals surface area contributed by atoms with Crippen LogP contribution < -0.4 is 5.32 Å². The number of benzene rings is 1. The van der Waals surface area contributed by atoms with Crippen LogP contribution >= 0.6 is 11.3 Å². The fourth-order valence-electron chi connectivity index (χ4n) is 3.38. The molecule has 3 heterocycles. The minimum absolute atomic E-state index is 0.0834. The van der Waals surface area contributed by atoms with E-state index in [1.54, 1.807) is 23.1 Å². The lowest BCUT2D eigenvalue weighted by Crippen LogP contribution is -2.47. The number of rotatable bonds is 3. The molecule has 1 spiro atoms. The van der Waals surface area contributed by atoms with Crippen molar-refractivity contribution in [3.63, 3.8) is 0 Å². The smallest absolute Gasteiger partial charge is 0.265 e. The van der Waals surface area contributed by atoms with Gasteiger partial charge in [-0.2, -0.15) is 0 Å². The minimum Gasteiger partial charge on any atom is -0.347 e. The molecule has 1 aromatic carbocycles. The van der Waals surface area contributed by atoms with Crippen molar-refractivity contribution < 1.29 is 19.1 Å². The SMILES string of the molecule is O=C(Nc1ccccc1C(=O)N1CCC2(CC1)OCCO2)c1cccs1. The third-order valence-corrected chi connectivity index (χ3v) is 5.65. The van der Waals surface area contributed by atoms with Gasteiger partial charge in [-0.05, 0) is 23.6 Å². The molecular weight excluding hydrogens is 352 g/mol. The van der Waals surface area contributed by atoms with Crippen LogP contribution in [0.5, 0.6) is 0 Å². The van der Waals surface area contributed by atoms with Crippen molar-refractivity contribution in [1.82, 2.24) is 4.90 Å². The quantitative estimate of drug-likeness (QED) is 0.899. The molecule has 136 valence electrons. The zero-order valence-electron chi connectivity index (χ0n) is 14.3. The first-order valence-corrected chi connectivity index (χ1v) is 9.56. The standard InChI is InChI=1S/C19H20N2O4S/c22-17(16-6-3-13-26-16)20-15-5-2-1-4-14(15)18(23)21-9-7-19(8-10-21)24-11-12-25-19/h1-6,13H,7-12H2,(H,20,22). The summed E-state index contributed by atoms with van der Waals surface area (Å²) in [6, 6.07) is 10.7. The minimum atomic E-state index is -0.510. The summed E-state index contributed by atoms with van der Waals surface area (Å²) in [7, 11) is 0. The zero-order chi connectivity index (χ0) is 18.0. The molecule has 1 aromatic heterocycles. The van der Waals surface area contributed by atoms with Crippen LogP contribution in [-0.4, -0.2) is 48.8 Å². The van der Waals surface area contributed by atoms with Gasteiger partial charge in [-0.3, -0.25) is 9.59 Å². The van der Waals surface area contributed by atoms with E-state index in [1.807, 2.05) is 23.6 Å². The number of hydrogen-bond acceptors (Lipinski definition) is 5. The summed E-state index contributed by atoms with van der Waals surface area (Å²) in [5.41, 5.74) is 1.03. The van der Waals surface area contributed by atoms with Crippen molar-refractivity contribution in [2.75, 3.05) is 31.6 Å². The molecule has 26 heavy (non-hydrogen) atoms. The van der Waals surface area contributed by atoms with E-state index < -0.39 is 5.79 Å². The second-order valence-electron chi connectivity index (χ2n) is 6.38. The van der Waals surface area contributed by atoms with E-state index in [9.17, 15) is 9.59 Å². The molecule has 2 aromatic rings. The number of amides is 2. The Morgan fingerprint density at radius 3 is 2.46 bits per heavy atom. The van der Waals surface area contributed by atoms with Crippen LogP contribution in [-0.2, 0) is 9.47 Å². The van der Waals surface area contributed by atoms with Crippen LogP contribution in [0.3, 0.4) is 0 Å². The fraction of sp³-hybridized carbons (Fsp3) is 0.368. The van der Waals surface area contributed by atoms with Crippen LogP contribution in [0.1, 0.15) is 32.9 Å². The van der Waals surface area contributed by atoms with Crippen LogP contribution in [0.4, 0.5) is 5.69 Å². The maximum atomic E-state index is 13.0. The van der Waals surface area contributed by atoms with Gasteiger partial charge in [0.05, 0.1) is 29.3 Å². The van der Waals surface area contributed by atoms with Gasteiger partial charge in [-0.1, -0.05) is 18.2 Å². The van der Waals surface area contributed by atoms with Gasteiger partial charge in [0.25, 0.3) is 11.8 Å². The molecule has 7 heteroatoms. The first-order valence-electron chi connectivity index (χ1n) is 8.68. The molecule has 2 amide bonds. The maximum absolute atomic E-state index is 13.0. The Morgan fingerprint density at radius 2 is 1.77 bits per heavy atom. The highest BCUT2D eigenvalue weighted by molar-refractivity contribution is 7.12. The molecule has 0 unspecified atom stereocenters. The van der Waals surface area contributed by atoms with E-state index in [4.69, 9.17) is 9.47 Å². The van der Waals surface area contributed by atoms with E-state index in [-0.39, 0.29) is 11.8 Å². The number of ether oxygens (including phenoxy) is 2. The first kappa shape index (κ1) is 17.2. The molecule has 0 aliphatic carbocycles. The number of para-hydroxylation sites is 1. The molecule has 0 bridgehead atoms. The van der Waals surface area contributed by atoms with Gasteiger partial charge < -0.3 is 19.7 Å². The summed E-state index contributed by atoms with van der Waals surface area (Å²) in [6.45, 7) is 2.38. The molecule has 2 aliphatic rings. The molecule has 2 fully saturated rings. The summed E-state index contributed by atoms with van der Waals surface area (Å²) < 4.78 is 11.4. The predicted molar refractivity (Wildman–Crippen MR) is 98.5 cm³/mol. The number of nitrogens with zero attached hydrogens (tertiary/aromatic N) is 1. The van der Waals surface area contributed by atoms with Crippen LogP contribution in [0.2, 0.25) is 0 Å². The third kappa shape index (κ3) is 3.38. The highest BCUT2D eigenvalue weighted by Crippen LogP contribution is 2.32. The lowest BCUT2D eigenvalue weighted by atomic mass is 10.0. The van der Waals surface area contributed by atoms with E-state index in [0.29, 0.717) is 55.3 Å². The Balaban J connectivity index is 1.47. The number of anilines is 1. The van der Waals surface area contributed by atoms with Crippen LogP contribution in [0.15, 0.2) is 41.8 Å². The highest BCUT2D eigenvalue weighted by atomic mass is 32.1. The Morgan fingerprint density at radius 1 is 1.04 bits per heavy atom. The number of hydrogen-bond donors (Lipinski definition) is 1. The molecule has 2 aliphatic heterocycles. The van der Waals surface area contributed by atoms with Gasteiger partial charge in [-0.25, -0.2) is 0 Å². The van der Waals surface area contributed by atoms with Gasteiger partial charge in [0, 0.05) is 25.9 Å². The van der Waals surface area contributed by atoms with E-state index >= 15 is 0 Å². The molecule has 2 saturated heterocycles. The number of thiophene rings is 1. The Bertz CT molecular complexity index is 790. The van der Waals surface area contributed by atoms with Crippen LogP contribution in [0, 0.1) is 0 Å². The van der Waals surface area contributed by atoms with Crippen molar-refractivity contribution in [2.45, 2.75) is 18.6 Å². The second kappa shape index (κ2) is 7.19. The number of piperidine rings is 1. The maximum Gasteiger partial charge on any atom is 0.265 e. The lowest BCUT2D eigenvalue weighted by molar-refractivity contribution is -0.181. The normalized spacial score (nSPS) is 18.8. The second-order valence-corrected chi connectivity index (χ2v) is 7.32. The zero-order valence-corrected chi connectivity index (χ0v) is 15.1. The van der Waals surface area contributed by atoms with Gasteiger partial charge >= 0.3 is 0 Å². The number of nitrogens with one attached hydrogen (secondary N) is 1. The first-order chi connectivity index (χ1) is 12.7. The summed E-state index contributed by atoms with van der Waals surface area (Å²) in [5.74, 6) is -0.797. The van der Waals surface area contributed by atoms with Crippen molar-refractivity contribution in [1.29, 1.82) is 0 Å². The Hall–Kier alpha value is -2.22. The molecular formula is C19H20N2O4S. The Kier molecular flexibility index (Phi) is 4.76. The van der Waals surface area contributed by atoms with Crippen molar-refractivity contribution in [2.24, 2.45) is 0 Å². The fourth-order valence-corrected chi connectivity index (χ4v) is 4.00. The highest BCUT2D eigenvalue weighted by Gasteiger charge is 2.41. The number of likely N-dealkylation sites (tertiary alicyclic amines) is 1. The van der Waals surface area contributed by atoms with Crippen molar-refractivity contribution >= 4 is 28.8 Å². The molecule has 1 N–H and O–H groups in total. The average Bonchev–Trinajstić information content (AvgIpc) is 3.35. The molecule has 0 radical (unpaired) electrons. The van der Waals surface area contributed by atoms with Crippen molar-refractivity contribution in [3.05, 3.63) is 52.2 Å². The molecule has 0 saturated carbocycles. The topological polar surface area (TPSA) is 67.9 Å². The summed E-state index contributed by atoms with van der Waals surface area (Å²) in [5, 5.41) is 4.71. The molecule has 6 nitrogen and oxygen atoms in total. The lowest BCUT2D eigenvalue weighted by Gasteiger charge is -2.37. The predicted octanol–water partition coefficient (Wildman–Crippen LogP) is 2.98. The number of carbonyl (C=O) groups is 2. The van der Waals surface area contributed by atoms with E-state index in [2.05, 4.69) is 5.32 Å². The molecule has 4 rings (SSSR count). The summed E-state index contributed by atoms with van der Waals surface area (Å²) >= 11 is 1.37. The Labute approximate surface area is 155 Å². The van der Waals surface area contributed by atoms with Gasteiger partial charge in [0.2, 0.25) is 0 Å². The third-order valence-electron chi connectivity index (χ3n) is 4.78. The molecule has 0 atom stereocenters. The number of carbonyl (C=O) groups excluding carboxylic acids is 2. The van der Waals surface area contributed by atoms with Gasteiger partial charge in [-0.15, -0.1) is 11.3 Å². The van der Waals surface area contributed by atoms with Gasteiger partial charge in [0.15, 0.2) is 5.79 Å². The van der Waals surface area contributed by atoms with Gasteiger partial charge in [0.1, 0.15) is 0 Å². The van der Waals surface area contributed by atoms with Crippen LogP contribution in [0.25, 0.3) is 0 Å². The largest absolute Gasteiger partial charge is 0.347 e. The summed E-state index contributed by atoms with van der Waals surface area (Å²) in [4.78, 5) is 27.7. The summed E-state index contributed by atoms with van der Waals surface area (Å²) in [6.07, 6.45) is 1.34. The van der Waals surface area contributed by atoms with E-state index in [1.165, 1.54) is 11.3 Å². The van der Waals surface area contributed by atoms with Crippen molar-refractivity contribution in [3.8, 4) is 0 Å². The van der Waals surface area contributed by atoms with E-state index in [0.717, 1.165) is 0 Å². The monoisotopic (exact) mass is 372 g/mol.